The fourth-order valence-corrected chi connectivity index (χ4v) is 5.08. The Morgan fingerprint density at radius 1 is 1.13 bits per heavy atom. The molecule has 1 aliphatic heterocycles. The minimum Gasteiger partial charge on any atom is -0.493 e. The van der Waals surface area contributed by atoms with Crippen molar-refractivity contribution in [3.8, 4) is 11.5 Å². The van der Waals surface area contributed by atoms with Gasteiger partial charge in [-0.15, -0.1) is 11.3 Å². The summed E-state index contributed by atoms with van der Waals surface area (Å²) >= 11 is 1.76. The summed E-state index contributed by atoms with van der Waals surface area (Å²) in [4.78, 5) is 19.1. The van der Waals surface area contributed by atoms with Crippen molar-refractivity contribution in [2.75, 3.05) is 46.9 Å². The van der Waals surface area contributed by atoms with Gasteiger partial charge in [0.05, 0.1) is 26.7 Å². The van der Waals surface area contributed by atoms with Crippen molar-refractivity contribution in [1.82, 2.24) is 15.1 Å². The molecule has 0 aliphatic carbocycles. The van der Waals surface area contributed by atoms with E-state index in [1.807, 2.05) is 18.2 Å². The van der Waals surface area contributed by atoms with Gasteiger partial charge in [-0.3, -0.25) is 9.69 Å². The first-order chi connectivity index (χ1) is 14.5. The number of carbonyl (C=O) groups excluding carboxylic acids is 1. The van der Waals surface area contributed by atoms with Gasteiger partial charge in [0.25, 0.3) is 0 Å². The molecular weight excluding hydrogens is 398 g/mol. The molecule has 1 saturated heterocycles. The monoisotopic (exact) mass is 431 g/mol. The van der Waals surface area contributed by atoms with E-state index in [4.69, 9.17) is 9.47 Å². The summed E-state index contributed by atoms with van der Waals surface area (Å²) in [5.74, 6) is 1.32. The van der Waals surface area contributed by atoms with Crippen LogP contribution < -0.4 is 14.8 Å². The maximum Gasteiger partial charge on any atom is 0.224 e. The first kappa shape index (κ1) is 22.6. The molecule has 0 spiro atoms. The second-order valence-corrected chi connectivity index (χ2v) is 8.63. The molecule has 0 radical (unpaired) electrons. The summed E-state index contributed by atoms with van der Waals surface area (Å²) in [7, 11) is 3.21. The largest absolute Gasteiger partial charge is 0.493 e. The van der Waals surface area contributed by atoms with Crippen molar-refractivity contribution in [2.45, 2.75) is 32.4 Å². The van der Waals surface area contributed by atoms with Crippen LogP contribution >= 0.6 is 11.3 Å². The molecule has 2 aromatic rings. The Labute approximate surface area is 183 Å². The van der Waals surface area contributed by atoms with Crippen LogP contribution in [0.1, 0.15) is 30.3 Å². The van der Waals surface area contributed by atoms with Crippen LogP contribution in [0.3, 0.4) is 0 Å². The summed E-state index contributed by atoms with van der Waals surface area (Å²) in [6, 6.07) is 10.1. The van der Waals surface area contributed by atoms with E-state index in [1.54, 1.807) is 25.6 Å². The summed E-state index contributed by atoms with van der Waals surface area (Å²) in [5, 5.41) is 5.36. The number of nitrogens with zero attached hydrogens (tertiary/aromatic N) is 2. The summed E-state index contributed by atoms with van der Waals surface area (Å²) in [5.41, 5.74) is 0.904. The molecule has 0 unspecified atom stereocenters. The van der Waals surface area contributed by atoms with E-state index in [9.17, 15) is 4.79 Å². The lowest BCUT2D eigenvalue weighted by molar-refractivity contribution is -0.121. The van der Waals surface area contributed by atoms with Crippen molar-refractivity contribution in [2.24, 2.45) is 0 Å². The van der Waals surface area contributed by atoms with Crippen molar-refractivity contribution in [3.63, 3.8) is 0 Å². The van der Waals surface area contributed by atoms with Gasteiger partial charge in [0.2, 0.25) is 5.91 Å². The fourth-order valence-electron chi connectivity index (χ4n) is 4.12. The fraction of sp³-hybridized carbons (Fsp3) is 0.522. The van der Waals surface area contributed by atoms with Gasteiger partial charge in [-0.25, -0.2) is 0 Å². The van der Waals surface area contributed by atoms with Gasteiger partial charge in [-0.2, -0.15) is 0 Å². The molecule has 1 aromatic heterocycles. The first-order valence-corrected chi connectivity index (χ1v) is 11.4. The number of hydrogen-bond acceptors (Lipinski definition) is 6. The molecule has 164 valence electrons. The molecule has 30 heavy (non-hydrogen) atoms. The molecule has 1 amide bonds. The second-order valence-electron chi connectivity index (χ2n) is 7.65. The van der Waals surface area contributed by atoms with Crippen molar-refractivity contribution in [3.05, 3.63) is 46.2 Å². The van der Waals surface area contributed by atoms with Gasteiger partial charge < -0.3 is 19.7 Å². The molecule has 1 N–H and O–H groups in total. The third kappa shape index (κ3) is 5.53. The zero-order valence-corrected chi connectivity index (χ0v) is 19.2. The molecule has 7 heteroatoms. The van der Waals surface area contributed by atoms with Crippen LogP contribution in [-0.2, 0) is 11.2 Å². The summed E-state index contributed by atoms with van der Waals surface area (Å²) in [6.07, 6.45) is 0.311. The Balaban J connectivity index is 1.66. The highest BCUT2D eigenvalue weighted by Crippen LogP contribution is 2.30. The van der Waals surface area contributed by atoms with E-state index in [1.165, 1.54) is 4.88 Å². The van der Waals surface area contributed by atoms with Crippen LogP contribution in [0.4, 0.5) is 0 Å². The zero-order chi connectivity index (χ0) is 21.5. The average Bonchev–Trinajstić information content (AvgIpc) is 3.28. The second kappa shape index (κ2) is 10.8. The van der Waals surface area contributed by atoms with E-state index in [-0.39, 0.29) is 18.0 Å². The van der Waals surface area contributed by atoms with Crippen LogP contribution in [0.15, 0.2) is 35.7 Å². The van der Waals surface area contributed by atoms with E-state index in [2.05, 4.69) is 46.5 Å². The number of rotatable bonds is 9. The predicted molar refractivity (Wildman–Crippen MR) is 122 cm³/mol. The predicted octanol–water partition coefficient (Wildman–Crippen LogP) is 3.19. The number of thiophene rings is 1. The lowest BCUT2D eigenvalue weighted by Crippen LogP contribution is -2.52. The van der Waals surface area contributed by atoms with Gasteiger partial charge in [0.1, 0.15) is 0 Å². The minimum absolute atomic E-state index is 0.0171. The zero-order valence-electron chi connectivity index (χ0n) is 18.4. The van der Waals surface area contributed by atoms with E-state index >= 15 is 0 Å². The molecule has 2 heterocycles. The maximum atomic E-state index is 12.8. The number of nitrogens with one attached hydrogen (secondary N) is 1. The Morgan fingerprint density at radius 3 is 2.47 bits per heavy atom. The molecule has 1 fully saturated rings. The van der Waals surface area contributed by atoms with Crippen LogP contribution in [0.25, 0.3) is 0 Å². The molecular formula is C23H33N3O3S. The number of piperazine rings is 1. The van der Waals surface area contributed by atoms with Gasteiger partial charge in [0, 0.05) is 37.1 Å². The normalized spacial score (nSPS) is 17.3. The number of amides is 1. The maximum absolute atomic E-state index is 12.8. The molecule has 0 bridgehead atoms. The van der Waals surface area contributed by atoms with Crippen LogP contribution in [0.5, 0.6) is 11.5 Å². The number of hydrogen-bond donors (Lipinski definition) is 1. The third-order valence-electron chi connectivity index (χ3n) is 5.76. The van der Waals surface area contributed by atoms with Crippen LogP contribution in [0, 0.1) is 0 Å². The molecule has 0 saturated carbocycles. The highest BCUT2D eigenvalue weighted by atomic mass is 32.1. The van der Waals surface area contributed by atoms with E-state index in [0.29, 0.717) is 17.9 Å². The highest BCUT2D eigenvalue weighted by Gasteiger charge is 2.30. The minimum atomic E-state index is 0.0171. The number of likely N-dealkylation sites (N-methyl/N-ethyl adjacent to an activating group) is 1. The van der Waals surface area contributed by atoms with Gasteiger partial charge in [-0.05, 0) is 42.6 Å². The number of carbonyl (C=O) groups is 1. The van der Waals surface area contributed by atoms with Gasteiger partial charge in [0.15, 0.2) is 11.5 Å². The number of methoxy groups -OCH3 is 2. The quantitative estimate of drug-likeness (QED) is 0.661. The smallest absolute Gasteiger partial charge is 0.224 e. The standard InChI is InChI=1S/C23H33N3O3S/c1-5-25-10-12-26(13-11-25)23(21-7-6-14-30-21)17(2)24-22(27)16-18-8-9-19(28-3)20(15-18)29-4/h6-9,14-15,17,23H,5,10-13,16H2,1-4H3,(H,24,27)/t17-,23+/m1/s1. The lowest BCUT2D eigenvalue weighted by atomic mass is 10.0. The van der Waals surface area contributed by atoms with Gasteiger partial charge in [-0.1, -0.05) is 19.1 Å². The number of ether oxygens (including phenoxy) is 2. The Hall–Kier alpha value is -2.09. The Morgan fingerprint density at radius 2 is 1.87 bits per heavy atom. The lowest BCUT2D eigenvalue weighted by Gasteiger charge is -2.41. The number of benzene rings is 1. The molecule has 1 aliphatic rings. The van der Waals surface area contributed by atoms with Gasteiger partial charge >= 0.3 is 0 Å². The molecule has 1 aromatic carbocycles. The van der Waals surface area contributed by atoms with Crippen molar-refractivity contribution in [1.29, 1.82) is 0 Å². The third-order valence-corrected chi connectivity index (χ3v) is 6.70. The van der Waals surface area contributed by atoms with Crippen LogP contribution in [0.2, 0.25) is 0 Å². The molecule has 2 atom stereocenters. The van der Waals surface area contributed by atoms with Crippen molar-refractivity contribution < 1.29 is 14.3 Å². The average molecular weight is 432 g/mol. The SMILES string of the molecule is CCN1CCN([C@H](c2cccs2)[C@@H](C)NC(=O)Cc2ccc(OC)c(OC)c2)CC1. The summed E-state index contributed by atoms with van der Waals surface area (Å²) in [6.45, 7) is 9.61. The van der Waals surface area contributed by atoms with E-state index in [0.717, 1.165) is 38.3 Å². The molecule has 3 rings (SSSR count). The Kier molecular flexibility index (Phi) is 8.13. The summed E-state index contributed by atoms with van der Waals surface area (Å²) < 4.78 is 10.6. The Bertz CT molecular complexity index is 804. The first-order valence-electron chi connectivity index (χ1n) is 10.6. The topological polar surface area (TPSA) is 54.0 Å². The highest BCUT2D eigenvalue weighted by molar-refractivity contribution is 7.10. The molecule has 6 nitrogen and oxygen atoms in total. The van der Waals surface area contributed by atoms with Crippen molar-refractivity contribution >= 4 is 17.2 Å². The van der Waals surface area contributed by atoms with Crippen LogP contribution in [-0.4, -0.2) is 68.7 Å². The van der Waals surface area contributed by atoms with E-state index < -0.39 is 0 Å².